The zero-order valence-corrected chi connectivity index (χ0v) is 16.9. The topological polar surface area (TPSA) is 67.9 Å². The van der Waals surface area contributed by atoms with E-state index in [-0.39, 0.29) is 24.4 Å². The van der Waals surface area contributed by atoms with Crippen LogP contribution >= 0.6 is 0 Å². The number of ether oxygens (including phenoxy) is 2. The average Bonchev–Trinajstić information content (AvgIpc) is 3.20. The lowest BCUT2D eigenvalue weighted by atomic mass is 10.0. The first-order chi connectivity index (χ1) is 14.0. The van der Waals surface area contributed by atoms with Gasteiger partial charge in [0.25, 0.3) is 5.91 Å². The summed E-state index contributed by atoms with van der Waals surface area (Å²) in [5.74, 6) is 1.19. The van der Waals surface area contributed by atoms with Gasteiger partial charge in [0.1, 0.15) is 13.2 Å². The molecule has 6 heteroatoms. The Hall–Kier alpha value is -3.02. The van der Waals surface area contributed by atoms with Crippen LogP contribution in [0.2, 0.25) is 0 Å². The predicted molar refractivity (Wildman–Crippen MR) is 109 cm³/mol. The summed E-state index contributed by atoms with van der Waals surface area (Å²) in [6.07, 6.45) is 1.84. The molecule has 0 spiro atoms. The summed E-state index contributed by atoms with van der Waals surface area (Å²) in [4.78, 5) is 27.2. The second kappa shape index (κ2) is 8.15. The van der Waals surface area contributed by atoms with Gasteiger partial charge >= 0.3 is 0 Å². The third kappa shape index (κ3) is 4.21. The highest BCUT2D eigenvalue weighted by Crippen LogP contribution is 2.38. The molecule has 0 saturated carbocycles. The second-order valence-corrected chi connectivity index (χ2v) is 7.71. The van der Waals surface area contributed by atoms with Crippen LogP contribution in [0, 0.1) is 13.8 Å². The number of hydrogen-bond donors (Lipinski definition) is 1. The molecule has 152 valence electrons. The van der Waals surface area contributed by atoms with E-state index in [1.807, 2.05) is 55.1 Å². The quantitative estimate of drug-likeness (QED) is 0.865. The van der Waals surface area contributed by atoms with E-state index in [0.717, 1.165) is 41.0 Å². The van der Waals surface area contributed by atoms with Crippen molar-refractivity contribution in [2.75, 3.05) is 26.3 Å². The zero-order valence-electron chi connectivity index (χ0n) is 16.9. The predicted octanol–water partition coefficient (Wildman–Crippen LogP) is 3.17. The van der Waals surface area contributed by atoms with Crippen molar-refractivity contribution in [3.05, 3.63) is 58.7 Å². The number of carbonyl (C=O) groups excluding carboxylic acids is 2. The minimum absolute atomic E-state index is 0.00329. The molecule has 0 radical (unpaired) electrons. The lowest BCUT2D eigenvalue weighted by molar-refractivity contribution is -0.131. The summed E-state index contributed by atoms with van der Waals surface area (Å²) in [6, 6.07) is 11.6. The first-order valence-electron chi connectivity index (χ1n) is 10.1. The molecule has 2 heterocycles. The van der Waals surface area contributed by atoms with E-state index in [0.29, 0.717) is 25.3 Å². The van der Waals surface area contributed by atoms with E-state index < -0.39 is 0 Å². The van der Waals surface area contributed by atoms with Crippen LogP contribution < -0.4 is 14.8 Å². The molecule has 2 aliphatic heterocycles. The highest BCUT2D eigenvalue weighted by Gasteiger charge is 2.31. The maximum Gasteiger partial charge on any atom is 0.251 e. The van der Waals surface area contributed by atoms with Crippen LogP contribution in [0.1, 0.15) is 45.9 Å². The second-order valence-electron chi connectivity index (χ2n) is 7.71. The first-order valence-corrected chi connectivity index (χ1v) is 10.1. The lowest BCUT2D eigenvalue weighted by Crippen LogP contribution is -2.39. The van der Waals surface area contributed by atoms with Crippen LogP contribution in [0.3, 0.4) is 0 Å². The van der Waals surface area contributed by atoms with Gasteiger partial charge in [-0.05, 0) is 56.5 Å². The smallest absolute Gasteiger partial charge is 0.251 e. The van der Waals surface area contributed by atoms with Crippen LogP contribution in [-0.2, 0) is 4.79 Å². The Bertz CT molecular complexity index is 920. The monoisotopic (exact) mass is 394 g/mol. The van der Waals surface area contributed by atoms with E-state index in [4.69, 9.17) is 9.47 Å². The summed E-state index contributed by atoms with van der Waals surface area (Å²) in [6.45, 7) is 5.69. The maximum atomic E-state index is 12.8. The van der Waals surface area contributed by atoms with Crippen molar-refractivity contribution in [3.8, 4) is 11.5 Å². The van der Waals surface area contributed by atoms with Crippen molar-refractivity contribution >= 4 is 11.8 Å². The van der Waals surface area contributed by atoms with Gasteiger partial charge in [-0.2, -0.15) is 0 Å². The van der Waals surface area contributed by atoms with Gasteiger partial charge in [0.05, 0.1) is 12.6 Å². The Kier molecular flexibility index (Phi) is 5.43. The number of benzene rings is 2. The zero-order chi connectivity index (χ0) is 20.4. The van der Waals surface area contributed by atoms with Gasteiger partial charge in [-0.25, -0.2) is 0 Å². The van der Waals surface area contributed by atoms with E-state index in [1.165, 1.54) is 0 Å². The van der Waals surface area contributed by atoms with Crippen molar-refractivity contribution in [1.82, 2.24) is 10.2 Å². The van der Waals surface area contributed by atoms with E-state index in [2.05, 4.69) is 5.32 Å². The molecule has 1 fully saturated rings. The average molecular weight is 394 g/mol. The largest absolute Gasteiger partial charge is 0.486 e. The Morgan fingerprint density at radius 3 is 2.52 bits per heavy atom. The van der Waals surface area contributed by atoms with Crippen LogP contribution in [-0.4, -0.2) is 43.0 Å². The number of hydrogen-bond acceptors (Lipinski definition) is 4. The van der Waals surface area contributed by atoms with Crippen molar-refractivity contribution in [3.63, 3.8) is 0 Å². The van der Waals surface area contributed by atoms with Gasteiger partial charge in [-0.3, -0.25) is 9.59 Å². The fourth-order valence-corrected chi connectivity index (χ4v) is 4.14. The minimum atomic E-state index is -0.222. The summed E-state index contributed by atoms with van der Waals surface area (Å²) in [7, 11) is 0. The Labute approximate surface area is 170 Å². The fourth-order valence-electron chi connectivity index (χ4n) is 4.14. The maximum absolute atomic E-state index is 12.8. The first kappa shape index (κ1) is 19.3. The third-order valence-electron chi connectivity index (χ3n) is 5.41. The molecular weight excluding hydrogens is 368 g/mol. The number of fused-ring (bicyclic) bond motifs is 1. The summed E-state index contributed by atoms with van der Waals surface area (Å²) < 4.78 is 11.3. The molecule has 0 unspecified atom stereocenters. The molecule has 2 aliphatic rings. The third-order valence-corrected chi connectivity index (χ3v) is 5.41. The molecule has 0 aromatic heterocycles. The van der Waals surface area contributed by atoms with Crippen LogP contribution in [0.5, 0.6) is 11.5 Å². The van der Waals surface area contributed by atoms with Crippen molar-refractivity contribution in [2.45, 2.75) is 32.7 Å². The number of amides is 2. The van der Waals surface area contributed by atoms with Crippen LogP contribution in [0.25, 0.3) is 0 Å². The standard InChI is InChI=1S/C23H26N2O4/c1-15-10-16(2)12-18(11-15)23(27)24-14-22(26)25-7-3-4-19(25)17-5-6-20-21(13-17)29-9-8-28-20/h5-6,10-13,19H,3-4,7-9,14H2,1-2H3,(H,24,27)/t19-/m0/s1. The molecule has 6 nitrogen and oxygen atoms in total. The summed E-state index contributed by atoms with van der Waals surface area (Å²) in [5, 5.41) is 2.78. The van der Waals surface area contributed by atoms with Crippen molar-refractivity contribution in [2.24, 2.45) is 0 Å². The van der Waals surface area contributed by atoms with Gasteiger partial charge in [-0.15, -0.1) is 0 Å². The molecule has 29 heavy (non-hydrogen) atoms. The molecule has 2 aromatic rings. The summed E-state index contributed by atoms with van der Waals surface area (Å²) >= 11 is 0. The number of likely N-dealkylation sites (tertiary alicyclic amines) is 1. The lowest BCUT2D eigenvalue weighted by Gasteiger charge is -2.27. The highest BCUT2D eigenvalue weighted by molar-refractivity contribution is 5.96. The molecule has 4 rings (SSSR count). The number of nitrogens with zero attached hydrogens (tertiary/aromatic N) is 1. The molecular formula is C23H26N2O4. The molecule has 1 N–H and O–H groups in total. The van der Waals surface area contributed by atoms with Gasteiger partial charge in [0.15, 0.2) is 11.5 Å². The number of rotatable bonds is 4. The van der Waals surface area contributed by atoms with Crippen LogP contribution in [0.15, 0.2) is 36.4 Å². The molecule has 0 aliphatic carbocycles. The minimum Gasteiger partial charge on any atom is -0.486 e. The van der Waals surface area contributed by atoms with E-state index >= 15 is 0 Å². The summed E-state index contributed by atoms with van der Waals surface area (Å²) in [5.41, 5.74) is 3.68. The van der Waals surface area contributed by atoms with Gasteiger partial charge in [0, 0.05) is 12.1 Å². The number of nitrogens with one attached hydrogen (secondary N) is 1. The van der Waals surface area contributed by atoms with Crippen molar-refractivity contribution < 1.29 is 19.1 Å². The Morgan fingerprint density at radius 1 is 1.03 bits per heavy atom. The molecule has 2 aromatic carbocycles. The van der Waals surface area contributed by atoms with Gasteiger partial charge < -0.3 is 19.7 Å². The van der Waals surface area contributed by atoms with E-state index in [9.17, 15) is 9.59 Å². The normalized spacial score (nSPS) is 17.9. The molecule has 1 saturated heterocycles. The molecule has 2 amide bonds. The van der Waals surface area contributed by atoms with Gasteiger partial charge in [0.2, 0.25) is 5.91 Å². The Balaban J connectivity index is 1.42. The number of carbonyl (C=O) groups is 2. The van der Waals surface area contributed by atoms with E-state index in [1.54, 1.807) is 0 Å². The highest BCUT2D eigenvalue weighted by atomic mass is 16.6. The van der Waals surface area contributed by atoms with Crippen molar-refractivity contribution in [1.29, 1.82) is 0 Å². The van der Waals surface area contributed by atoms with Gasteiger partial charge in [-0.1, -0.05) is 23.3 Å². The molecule has 1 atom stereocenters. The van der Waals surface area contributed by atoms with Crippen LogP contribution in [0.4, 0.5) is 0 Å². The Morgan fingerprint density at radius 2 is 1.76 bits per heavy atom. The number of aryl methyl sites for hydroxylation is 2. The SMILES string of the molecule is Cc1cc(C)cc(C(=O)NCC(=O)N2CCC[C@H]2c2ccc3c(c2)OCCO3)c1. The fraction of sp³-hybridized carbons (Fsp3) is 0.391. The molecule has 0 bridgehead atoms.